The number of carbonyl (C=O) groups excluding carboxylic acids is 1. The summed E-state index contributed by atoms with van der Waals surface area (Å²) in [5, 5.41) is 17.7. The fourth-order valence-corrected chi connectivity index (χ4v) is 5.93. The number of amides is 1. The van der Waals surface area contributed by atoms with Gasteiger partial charge in [0.25, 0.3) is 5.91 Å². The van der Waals surface area contributed by atoms with Gasteiger partial charge in [-0.25, -0.2) is 4.98 Å². The molecule has 2 unspecified atom stereocenters. The van der Waals surface area contributed by atoms with Crippen LogP contribution in [-0.4, -0.2) is 51.2 Å². The first-order valence-corrected chi connectivity index (χ1v) is 11.8. The minimum absolute atomic E-state index is 0. The second-order valence-corrected chi connectivity index (χ2v) is 9.68. The molecule has 2 bridgehead atoms. The molecule has 31 heavy (non-hydrogen) atoms. The van der Waals surface area contributed by atoms with Crippen LogP contribution in [0.1, 0.15) is 60.3 Å². The number of thiophene rings is 1. The molecule has 6 rings (SSSR count). The first kappa shape index (κ1) is 20.7. The SMILES string of the molecule is CCc1c(C(=O)N2CC3CCC(C2)N3)nc(Nc2cc(C3CC3)[nH]n2)c2ccsc12.Cl. The highest BCUT2D eigenvalue weighted by Gasteiger charge is 2.36. The van der Waals surface area contributed by atoms with E-state index < -0.39 is 0 Å². The molecule has 3 fully saturated rings. The van der Waals surface area contributed by atoms with Gasteiger partial charge in [-0.05, 0) is 43.6 Å². The van der Waals surface area contributed by atoms with Crippen LogP contribution in [0.3, 0.4) is 0 Å². The Morgan fingerprint density at radius 3 is 2.74 bits per heavy atom. The summed E-state index contributed by atoms with van der Waals surface area (Å²) < 4.78 is 1.15. The molecule has 0 spiro atoms. The van der Waals surface area contributed by atoms with Crippen LogP contribution < -0.4 is 10.6 Å². The van der Waals surface area contributed by atoms with Gasteiger partial charge in [-0.1, -0.05) is 6.92 Å². The van der Waals surface area contributed by atoms with E-state index in [0.29, 0.717) is 23.7 Å². The van der Waals surface area contributed by atoms with E-state index in [9.17, 15) is 4.79 Å². The van der Waals surface area contributed by atoms with Crippen molar-refractivity contribution in [2.45, 2.75) is 57.0 Å². The second-order valence-electron chi connectivity index (χ2n) is 8.76. The maximum atomic E-state index is 13.6. The van der Waals surface area contributed by atoms with Gasteiger partial charge < -0.3 is 15.5 Å². The zero-order valence-electron chi connectivity index (χ0n) is 17.5. The minimum Gasteiger partial charge on any atom is -0.334 e. The second kappa shape index (κ2) is 8.07. The highest BCUT2D eigenvalue weighted by molar-refractivity contribution is 7.17. The van der Waals surface area contributed by atoms with Crippen molar-refractivity contribution in [1.82, 2.24) is 25.4 Å². The van der Waals surface area contributed by atoms with Crippen LogP contribution in [0.4, 0.5) is 11.6 Å². The van der Waals surface area contributed by atoms with Crippen LogP contribution in [-0.2, 0) is 6.42 Å². The van der Waals surface area contributed by atoms with Gasteiger partial charge in [0.15, 0.2) is 5.82 Å². The molecule has 1 saturated carbocycles. The molecule has 1 aliphatic carbocycles. The molecule has 5 heterocycles. The summed E-state index contributed by atoms with van der Waals surface area (Å²) in [6, 6.07) is 5.00. The number of hydrogen-bond acceptors (Lipinski definition) is 6. The molecule has 0 aromatic carbocycles. The predicted molar refractivity (Wildman–Crippen MR) is 126 cm³/mol. The fourth-order valence-electron chi connectivity index (χ4n) is 4.91. The molecule has 2 aliphatic heterocycles. The first-order valence-electron chi connectivity index (χ1n) is 11.0. The summed E-state index contributed by atoms with van der Waals surface area (Å²) in [5.74, 6) is 2.16. The summed E-state index contributed by atoms with van der Waals surface area (Å²) in [4.78, 5) is 20.4. The highest BCUT2D eigenvalue weighted by Crippen LogP contribution is 2.40. The van der Waals surface area contributed by atoms with E-state index in [1.54, 1.807) is 11.3 Å². The maximum Gasteiger partial charge on any atom is 0.272 e. The van der Waals surface area contributed by atoms with Crippen molar-refractivity contribution in [2.24, 2.45) is 0 Å². The number of pyridine rings is 1. The number of aryl methyl sites for hydroxylation is 1. The minimum atomic E-state index is 0. The van der Waals surface area contributed by atoms with Crippen molar-refractivity contribution in [3.8, 4) is 0 Å². The third-order valence-corrected chi connectivity index (χ3v) is 7.60. The number of hydrogen-bond donors (Lipinski definition) is 3. The molecule has 164 valence electrons. The lowest BCUT2D eigenvalue weighted by molar-refractivity contribution is 0.0691. The van der Waals surface area contributed by atoms with Crippen LogP contribution in [0, 0.1) is 0 Å². The third-order valence-electron chi connectivity index (χ3n) is 6.63. The maximum absolute atomic E-state index is 13.6. The molecule has 7 nitrogen and oxygen atoms in total. The number of carbonyl (C=O) groups is 1. The summed E-state index contributed by atoms with van der Waals surface area (Å²) in [5.41, 5.74) is 2.83. The Balaban J connectivity index is 0.00000204. The molecular weight excluding hydrogens is 432 g/mol. The number of aromatic nitrogens is 3. The Bertz CT molecular complexity index is 1110. The number of nitrogens with one attached hydrogen (secondary N) is 3. The van der Waals surface area contributed by atoms with Crippen molar-refractivity contribution >= 4 is 51.4 Å². The lowest BCUT2D eigenvalue weighted by Gasteiger charge is -2.33. The van der Waals surface area contributed by atoms with E-state index in [4.69, 9.17) is 4.98 Å². The molecule has 9 heteroatoms. The summed E-state index contributed by atoms with van der Waals surface area (Å²) >= 11 is 1.68. The lowest BCUT2D eigenvalue weighted by atomic mass is 10.1. The van der Waals surface area contributed by atoms with E-state index in [-0.39, 0.29) is 18.3 Å². The van der Waals surface area contributed by atoms with Crippen LogP contribution in [0.5, 0.6) is 0 Å². The number of nitrogens with zero attached hydrogens (tertiary/aromatic N) is 3. The third kappa shape index (κ3) is 3.70. The molecular formula is C22H27ClN6OS. The molecule has 1 amide bonds. The number of piperazine rings is 1. The zero-order valence-corrected chi connectivity index (χ0v) is 19.1. The molecule has 3 N–H and O–H groups in total. The van der Waals surface area contributed by atoms with E-state index in [0.717, 1.165) is 59.6 Å². The van der Waals surface area contributed by atoms with Crippen LogP contribution in [0.15, 0.2) is 17.5 Å². The molecule has 3 aromatic heterocycles. The number of anilines is 2. The zero-order chi connectivity index (χ0) is 20.2. The molecule has 0 radical (unpaired) electrons. The number of halogens is 1. The Kier molecular flexibility index (Phi) is 5.40. The van der Waals surface area contributed by atoms with Gasteiger partial charge in [-0.15, -0.1) is 23.7 Å². The van der Waals surface area contributed by atoms with Crippen molar-refractivity contribution in [3.05, 3.63) is 34.5 Å². The average Bonchev–Trinajstić information content (AvgIpc) is 3.15. The van der Waals surface area contributed by atoms with Crippen LogP contribution >= 0.6 is 23.7 Å². The Morgan fingerprint density at radius 2 is 2.03 bits per heavy atom. The molecule has 2 atom stereocenters. The van der Waals surface area contributed by atoms with Gasteiger partial charge in [0.2, 0.25) is 0 Å². The van der Waals surface area contributed by atoms with Gasteiger partial charge in [0.1, 0.15) is 11.5 Å². The standard InChI is InChI=1S/C22H26N6OS.ClH/c1-2-15-19(22(29)28-10-13-5-6-14(11-28)23-13)25-21(16-7-8-30-20(15)16)24-18-9-17(26-27-18)12-3-4-12;/h7-9,12-14,23H,2-6,10-11H2,1H3,(H2,24,25,26,27);1H. The number of likely N-dealkylation sites (tertiary alicyclic amines) is 1. The smallest absolute Gasteiger partial charge is 0.272 e. The lowest BCUT2D eigenvalue weighted by Crippen LogP contribution is -2.53. The molecule has 3 aliphatic rings. The Labute approximate surface area is 191 Å². The summed E-state index contributed by atoms with van der Waals surface area (Å²) in [6.07, 6.45) is 5.55. The van der Waals surface area contributed by atoms with E-state index in [1.807, 2.05) is 4.90 Å². The van der Waals surface area contributed by atoms with Crippen LogP contribution in [0.25, 0.3) is 10.1 Å². The summed E-state index contributed by atoms with van der Waals surface area (Å²) in [7, 11) is 0. The Hall–Kier alpha value is -2.16. The van der Waals surface area contributed by atoms with Crippen molar-refractivity contribution in [1.29, 1.82) is 0 Å². The van der Waals surface area contributed by atoms with Gasteiger partial charge >= 0.3 is 0 Å². The number of H-pyrrole nitrogens is 1. The number of rotatable bonds is 5. The topological polar surface area (TPSA) is 85.9 Å². The number of aromatic amines is 1. The van der Waals surface area contributed by atoms with Gasteiger partial charge in [0.05, 0.1) is 0 Å². The number of fused-ring (bicyclic) bond motifs is 3. The Morgan fingerprint density at radius 1 is 1.26 bits per heavy atom. The average molecular weight is 459 g/mol. The van der Waals surface area contributed by atoms with E-state index in [1.165, 1.54) is 18.5 Å². The highest BCUT2D eigenvalue weighted by atomic mass is 35.5. The molecule has 2 saturated heterocycles. The van der Waals surface area contributed by atoms with Crippen LogP contribution in [0.2, 0.25) is 0 Å². The van der Waals surface area contributed by atoms with Gasteiger partial charge in [0, 0.05) is 58.5 Å². The monoisotopic (exact) mass is 458 g/mol. The van der Waals surface area contributed by atoms with E-state index in [2.05, 4.69) is 45.3 Å². The first-order chi connectivity index (χ1) is 14.7. The normalized spacial score (nSPS) is 22.5. The summed E-state index contributed by atoms with van der Waals surface area (Å²) in [6.45, 7) is 3.65. The van der Waals surface area contributed by atoms with Crippen molar-refractivity contribution in [2.75, 3.05) is 18.4 Å². The fraction of sp³-hybridized carbons (Fsp3) is 0.500. The van der Waals surface area contributed by atoms with Gasteiger partial charge in [-0.3, -0.25) is 9.89 Å². The van der Waals surface area contributed by atoms with Gasteiger partial charge in [-0.2, -0.15) is 5.10 Å². The predicted octanol–water partition coefficient (Wildman–Crippen LogP) is 4.20. The quantitative estimate of drug-likeness (QED) is 0.533. The van der Waals surface area contributed by atoms with E-state index >= 15 is 0 Å². The largest absolute Gasteiger partial charge is 0.334 e. The molecule has 3 aromatic rings. The van der Waals surface area contributed by atoms with Crippen molar-refractivity contribution < 1.29 is 4.79 Å². The van der Waals surface area contributed by atoms with Crippen molar-refractivity contribution in [3.63, 3.8) is 0 Å².